The Bertz CT molecular complexity index is 251. The van der Waals surface area contributed by atoms with Crippen LogP contribution in [0.15, 0.2) is 37.5 Å². The highest BCUT2D eigenvalue weighted by Gasteiger charge is 1.99. The van der Waals surface area contributed by atoms with Crippen LogP contribution in [0.4, 0.5) is 0 Å². The zero-order chi connectivity index (χ0) is 12.2. The van der Waals surface area contributed by atoms with Gasteiger partial charge in [0.1, 0.15) is 0 Å². The van der Waals surface area contributed by atoms with Crippen LogP contribution in [0.5, 0.6) is 0 Å². The van der Waals surface area contributed by atoms with Crippen LogP contribution in [0.2, 0.25) is 0 Å². The van der Waals surface area contributed by atoms with Crippen LogP contribution in [-0.4, -0.2) is 25.2 Å². The van der Waals surface area contributed by atoms with Crippen molar-refractivity contribution in [3.05, 3.63) is 37.5 Å². The Hall–Kier alpha value is -1.84. The molecule has 4 heteroatoms. The summed E-state index contributed by atoms with van der Waals surface area (Å²) in [5.41, 5.74) is 0. The van der Waals surface area contributed by atoms with Gasteiger partial charge in [0.15, 0.2) is 0 Å². The smallest absolute Gasteiger partial charge is 0.331 e. The topological polar surface area (TPSA) is 52.6 Å². The van der Waals surface area contributed by atoms with Crippen LogP contribution in [-0.2, 0) is 19.1 Å². The fourth-order valence-corrected chi connectivity index (χ4v) is 0.718. The van der Waals surface area contributed by atoms with Crippen LogP contribution >= 0.6 is 0 Å². The van der Waals surface area contributed by atoms with Gasteiger partial charge < -0.3 is 9.47 Å². The summed E-state index contributed by atoms with van der Waals surface area (Å²) in [6.07, 6.45) is 6.53. The molecule has 0 bridgehead atoms. The Kier molecular flexibility index (Phi) is 8.59. The number of esters is 2. The summed E-state index contributed by atoms with van der Waals surface area (Å²) in [5, 5.41) is 0. The van der Waals surface area contributed by atoms with Gasteiger partial charge in [0.2, 0.25) is 0 Å². The Morgan fingerprint density at radius 2 is 1.25 bits per heavy atom. The average molecular weight is 224 g/mol. The monoisotopic (exact) mass is 224 g/mol. The quantitative estimate of drug-likeness (QED) is 0.273. The third-order valence-corrected chi connectivity index (χ3v) is 1.49. The minimum atomic E-state index is -0.567. The maximum Gasteiger partial charge on any atom is 0.331 e. The SMILES string of the molecule is C=CCCOC(=O)/C=C/C(=O)OCCC=C. The van der Waals surface area contributed by atoms with Gasteiger partial charge in [0.25, 0.3) is 0 Å². The molecule has 0 aliphatic rings. The van der Waals surface area contributed by atoms with Crippen molar-refractivity contribution in [2.24, 2.45) is 0 Å². The molecule has 0 saturated carbocycles. The fourth-order valence-electron chi connectivity index (χ4n) is 0.718. The molecule has 0 fully saturated rings. The van der Waals surface area contributed by atoms with E-state index in [1.54, 1.807) is 12.2 Å². The molecule has 0 aliphatic carbocycles. The van der Waals surface area contributed by atoms with Crippen molar-refractivity contribution in [3.8, 4) is 0 Å². The van der Waals surface area contributed by atoms with Crippen molar-refractivity contribution in [1.82, 2.24) is 0 Å². The van der Waals surface area contributed by atoms with Gasteiger partial charge in [-0.25, -0.2) is 9.59 Å². The lowest BCUT2D eigenvalue weighted by atomic mass is 10.4. The molecule has 0 aromatic carbocycles. The standard InChI is InChI=1S/C12H16O4/c1-3-5-9-15-11(13)7-8-12(14)16-10-6-4-2/h3-4,7-8H,1-2,5-6,9-10H2/b8-7+. The maximum absolute atomic E-state index is 11.0. The Morgan fingerprint density at radius 1 is 0.875 bits per heavy atom. The highest BCUT2D eigenvalue weighted by Crippen LogP contribution is 1.89. The van der Waals surface area contributed by atoms with E-state index in [-0.39, 0.29) is 13.2 Å². The number of carbonyl (C=O) groups is 2. The highest BCUT2D eigenvalue weighted by atomic mass is 16.5. The first-order chi connectivity index (χ1) is 7.70. The van der Waals surface area contributed by atoms with E-state index in [9.17, 15) is 9.59 Å². The van der Waals surface area contributed by atoms with Gasteiger partial charge in [0, 0.05) is 12.2 Å². The lowest BCUT2D eigenvalue weighted by Crippen LogP contribution is -2.05. The molecule has 0 radical (unpaired) electrons. The van der Waals surface area contributed by atoms with Crippen molar-refractivity contribution in [2.75, 3.05) is 13.2 Å². The lowest BCUT2D eigenvalue weighted by molar-refractivity contribution is -0.140. The average Bonchev–Trinajstić information content (AvgIpc) is 2.27. The third-order valence-electron chi connectivity index (χ3n) is 1.49. The highest BCUT2D eigenvalue weighted by molar-refractivity contribution is 5.91. The molecule has 0 atom stereocenters. The molecule has 0 aromatic rings. The first kappa shape index (κ1) is 14.2. The lowest BCUT2D eigenvalue weighted by Gasteiger charge is -1.99. The van der Waals surface area contributed by atoms with Crippen molar-refractivity contribution >= 4 is 11.9 Å². The summed E-state index contributed by atoms with van der Waals surface area (Å²) >= 11 is 0. The number of rotatable bonds is 8. The first-order valence-electron chi connectivity index (χ1n) is 4.94. The van der Waals surface area contributed by atoms with E-state index in [0.717, 1.165) is 12.2 Å². The van der Waals surface area contributed by atoms with Crippen LogP contribution in [0.1, 0.15) is 12.8 Å². The van der Waals surface area contributed by atoms with E-state index >= 15 is 0 Å². The molecule has 0 N–H and O–H groups in total. The molecular formula is C12H16O4. The second-order valence-electron chi connectivity index (χ2n) is 2.82. The van der Waals surface area contributed by atoms with Gasteiger partial charge in [-0.1, -0.05) is 12.2 Å². The summed E-state index contributed by atoms with van der Waals surface area (Å²) in [7, 11) is 0. The van der Waals surface area contributed by atoms with Gasteiger partial charge in [-0.2, -0.15) is 0 Å². The molecule has 16 heavy (non-hydrogen) atoms. The molecule has 0 amide bonds. The van der Waals surface area contributed by atoms with E-state index in [1.807, 2.05) is 0 Å². The van der Waals surface area contributed by atoms with Crippen molar-refractivity contribution < 1.29 is 19.1 Å². The van der Waals surface area contributed by atoms with Crippen LogP contribution in [0, 0.1) is 0 Å². The van der Waals surface area contributed by atoms with E-state index in [4.69, 9.17) is 9.47 Å². The molecule has 0 rings (SSSR count). The zero-order valence-electron chi connectivity index (χ0n) is 9.19. The fraction of sp³-hybridized carbons (Fsp3) is 0.333. The van der Waals surface area contributed by atoms with E-state index < -0.39 is 11.9 Å². The molecular weight excluding hydrogens is 208 g/mol. The normalized spacial score (nSPS) is 9.75. The summed E-state index contributed by atoms with van der Waals surface area (Å²) in [4.78, 5) is 22.0. The van der Waals surface area contributed by atoms with Gasteiger partial charge >= 0.3 is 11.9 Å². The van der Waals surface area contributed by atoms with E-state index in [2.05, 4.69) is 13.2 Å². The van der Waals surface area contributed by atoms with E-state index in [1.165, 1.54) is 0 Å². The summed E-state index contributed by atoms with van der Waals surface area (Å²) in [6.45, 7) is 7.49. The number of hydrogen-bond donors (Lipinski definition) is 0. The van der Waals surface area contributed by atoms with Crippen molar-refractivity contribution in [2.45, 2.75) is 12.8 Å². The van der Waals surface area contributed by atoms with Crippen LogP contribution < -0.4 is 0 Å². The number of hydrogen-bond acceptors (Lipinski definition) is 4. The second-order valence-corrected chi connectivity index (χ2v) is 2.82. The van der Waals surface area contributed by atoms with Gasteiger partial charge in [0.05, 0.1) is 13.2 Å². The van der Waals surface area contributed by atoms with E-state index in [0.29, 0.717) is 12.8 Å². The molecule has 0 unspecified atom stereocenters. The Balaban J connectivity index is 3.70. The predicted molar refractivity (Wildman–Crippen MR) is 60.7 cm³/mol. The summed E-state index contributed by atoms with van der Waals surface area (Å²) in [5.74, 6) is -1.13. The van der Waals surface area contributed by atoms with Crippen molar-refractivity contribution in [1.29, 1.82) is 0 Å². The molecule has 0 aliphatic heterocycles. The number of ether oxygens (including phenoxy) is 2. The second kappa shape index (κ2) is 9.71. The summed E-state index contributed by atoms with van der Waals surface area (Å²) in [6, 6.07) is 0. The molecule has 0 saturated heterocycles. The molecule has 0 aromatic heterocycles. The van der Waals surface area contributed by atoms with Crippen molar-refractivity contribution in [3.63, 3.8) is 0 Å². The molecule has 0 spiro atoms. The van der Waals surface area contributed by atoms with Gasteiger partial charge in [-0.15, -0.1) is 13.2 Å². The Labute approximate surface area is 95.2 Å². The minimum absolute atomic E-state index is 0.262. The van der Waals surface area contributed by atoms with Crippen LogP contribution in [0.25, 0.3) is 0 Å². The van der Waals surface area contributed by atoms with Crippen LogP contribution in [0.3, 0.4) is 0 Å². The van der Waals surface area contributed by atoms with Gasteiger partial charge in [-0.05, 0) is 12.8 Å². The largest absolute Gasteiger partial charge is 0.462 e. The minimum Gasteiger partial charge on any atom is -0.462 e. The molecule has 4 nitrogen and oxygen atoms in total. The number of carbonyl (C=O) groups excluding carboxylic acids is 2. The maximum atomic E-state index is 11.0. The summed E-state index contributed by atoms with van der Waals surface area (Å²) < 4.78 is 9.48. The zero-order valence-corrected chi connectivity index (χ0v) is 9.19. The molecule has 88 valence electrons. The predicted octanol–water partition coefficient (Wildman–Crippen LogP) is 1.78. The Morgan fingerprint density at radius 3 is 1.56 bits per heavy atom. The molecule has 0 heterocycles. The third kappa shape index (κ3) is 8.74. The first-order valence-corrected chi connectivity index (χ1v) is 4.94. The van der Waals surface area contributed by atoms with Gasteiger partial charge in [-0.3, -0.25) is 0 Å².